The van der Waals surface area contributed by atoms with Crippen LogP contribution in [-0.2, 0) is 0 Å². The highest BCUT2D eigenvalue weighted by atomic mass is 16.6. The zero-order valence-electron chi connectivity index (χ0n) is 11.4. The summed E-state index contributed by atoms with van der Waals surface area (Å²) in [5, 5.41) is 10.3. The SMILES string of the molecule is CN(C)C(c1ccc2c(c1)OCCO2)C(C)(C)O. The van der Waals surface area contributed by atoms with Crippen molar-refractivity contribution in [3.63, 3.8) is 0 Å². The van der Waals surface area contributed by atoms with Crippen LogP contribution in [0.5, 0.6) is 11.5 Å². The molecule has 4 nitrogen and oxygen atoms in total. The van der Waals surface area contributed by atoms with Crippen LogP contribution in [-0.4, -0.2) is 42.9 Å². The normalized spacial score (nSPS) is 16.8. The maximum atomic E-state index is 10.3. The van der Waals surface area contributed by atoms with Crippen molar-refractivity contribution in [3.8, 4) is 11.5 Å². The summed E-state index contributed by atoms with van der Waals surface area (Å²) >= 11 is 0. The minimum Gasteiger partial charge on any atom is -0.486 e. The Bertz CT molecular complexity index is 424. The first kappa shape index (κ1) is 13.2. The summed E-state index contributed by atoms with van der Waals surface area (Å²) in [4.78, 5) is 2.01. The Morgan fingerprint density at radius 2 is 1.78 bits per heavy atom. The fourth-order valence-corrected chi connectivity index (χ4v) is 2.57. The highest BCUT2D eigenvalue weighted by Gasteiger charge is 2.31. The summed E-state index contributed by atoms with van der Waals surface area (Å²) in [6.07, 6.45) is 0. The zero-order chi connectivity index (χ0) is 13.3. The van der Waals surface area contributed by atoms with Crippen molar-refractivity contribution >= 4 is 0 Å². The molecule has 1 aliphatic heterocycles. The van der Waals surface area contributed by atoms with E-state index in [0.717, 1.165) is 17.1 Å². The predicted octanol–water partition coefficient (Wildman–Crippen LogP) is 1.83. The number of nitrogens with zero attached hydrogens (tertiary/aromatic N) is 1. The van der Waals surface area contributed by atoms with Gasteiger partial charge in [0, 0.05) is 0 Å². The van der Waals surface area contributed by atoms with E-state index < -0.39 is 5.60 Å². The summed E-state index contributed by atoms with van der Waals surface area (Å²) in [7, 11) is 3.92. The second-order valence-corrected chi connectivity index (χ2v) is 5.42. The van der Waals surface area contributed by atoms with Crippen molar-refractivity contribution in [1.29, 1.82) is 0 Å². The lowest BCUT2D eigenvalue weighted by Crippen LogP contribution is -2.38. The van der Waals surface area contributed by atoms with E-state index in [9.17, 15) is 5.11 Å². The largest absolute Gasteiger partial charge is 0.486 e. The van der Waals surface area contributed by atoms with Gasteiger partial charge in [0.15, 0.2) is 11.5 Å². The van der Waals surface area contributed by atoms with Crippen LogP contribution in [0.15, 0.2) is 18.2 Å². The summed E-state index contributed by atoms with van der Waals surface area (Å²) in [5.41, 5.74) is 0.199. The van der Waals surface area contributed by atoms with Gasteiger partial charge >= 0.3 is 0 Å². The molecule has 1 N–H and O–H groups in total. The Labute approximate surface area is 108 Å². The minimum atomic E-state index is -0.826. The number of fused-ring (bicyclic) bond motifs is 1. The van der Waals surface area contributed by atoms with Crippen molar-refractivity contribution in [3.05, 3.63) is 23.8 Å². The molecular weight excluding hydrogens is 230 g/mol. The Morgan fingerprint density at radius 3 is 2.33 bits per heavy atom. The maximum Gasteiger partial charge on any atom is 0.161 e. The van der Waals surface area contributed by atoms with Crippen molar-refractivity contribution in [2.45, 2.75) is 25.5 Å². The van der Waals surface area contributed by atoms with Gasteiger partial charge in [-0.05, 0) is 45.6 Å². The van der Waals surface area contributed by atoms with Gasteiger partial charge in [-0.1, -0.05) is 6.07 Å². The van der Waals surface area contributed by atoms with E-state index in [0.29, 0.717) is 13.2 Å². The van der Waals surface area contributed by atoms with Gasteiger partial charge in [0.2, 0.25) is 0 Å². The van der Waals surface area contributed by atoms with E-state index in [1.165, 1.54) is 0 Å². The number of rotatable bonds is 3. The number of hydrogen-bond donors (Lipinski definition) is 1. The molecule has 0 aliphatic carbocycles. The van der Waals surface area contributed by atoms with E-state index in [1.807, 2.05) is 51.0 Å². The second-order valence-electron chi connectivity index (χ2n) is 5.42. The fourth-order valence-electron chi connectivity index (χ4n) is 2.57. The molecule has 100 valence electrons. The molecule has 18 heavy (non-hydrogen) atoms. The predicted molar refractivity (Wildman–Crippen MR) is 70.2 cm³/mol. The van der Waals surface area contributed by atoms with Crippen molar-refractivity contribution in [1.82, 2.24) is 4.90 Å². The molecule has 1 heterocycles. The molecule has 2 rings (SSSR count). The molecule has 0 bridgehead atoms. The van der Waals surface area contributed by atoms with Gasteiger partial charge < -0.3 is 14.6 Å². The smallest absolute Gasteiger partial charge is 0.161 e. The monoisotopic (exact) mass is 251 g/mol. The Morgan fingerprint density at radius 1 is 1.17 bits per heavy atom. The summed E-state index contributed by atoms with van der Waals surface area (Å²) in [6, 6.07) is 5.76. The van der Waals surface area contributed by atoms with E-state index in [1.54, 1.807) is 0 Å². The van der Waals surface area contributed by atoms with Crippen LogP contribution in [0.3, 0.4) is 0 Å². The van der Waals surface area contributed by atoms with Gasteiger partial charge in [-0.15, -0.1) is 0 Å². The molecule has 1 aliphatic rings. The second kappa shape index (κ2) is 4.78. The van der Waals surface area contributed by atoms with E-state index in [-0.39, 0.29) is 6.04 Å². The number of aliphatic hydroxyl groups is 1. The lowest BCUT2D eigenvalue weighted by Gasteiger charge is -2.35. The number of benzene rings is 1. The maximum absolute atomic E-state index is 10.3. The van der Waals surface area contributed by atoms with Crippen molar-refractivity contribution in [2.75, 3.05) is 27.3 Å². The minimum absolute atomic E-state index is 0.0895. The number of hydrogen-bond acceptors (Lipinski definition) is 4. The van der Waals surface area contributed by atoms with Crippen LogP contribution < -0.4 is 9.47 Å². The third-order valence-corrected chi connectivity index (χ3v) is 3.07. The number of likely N-dealkylation sites (N-methyl/N-ethyl adjacent to an activating group) is 1. The summed E-state index contributed by atoms with van der Waals surface area (Å²) in [6.45, 7) is 4.80. The molecule has 0 aromatic heterocycles. The van der Waals surface area contributed by atoms with Crippen molar-refractivity contribution < 1.29 is 14.6 Å². The highest BCUT2D eigenvalue weighted by Crippen LogP contribution is 2.37. The standard InChI is InChI=1S/C14H21NO3/c1-14(2,16)13(15(3)4)10-5-6-11-12(9-10)18-8-7-17-11/h5-6,9,13,16H,7-8H2,1-4H3. The molecule has 4 heteroatoms. The summed E-state index contributed by atoms with van der Waals surface area (Å²) in [5.74, 6) is 1.54. The van der Waals surface area contributed by atoms with E-state index in [4.69, 9.17) is 9.47 Å². The molecule has 1 aromatic carbocycles. The van der Waals surface area contributed by atoms with E-state index in [2.05, 4.69) is 0 Å². The molecular formula is C14H21NO3. The van der Waals surface area contributed by atoms with Crippen molar-refractivity contribution in [2.24, 2.45) is 0 Å². The Balaban J connectivity index is 2.37. The number of ether oxygens (including phenoxy) is 2. The Hall–Kier alpha value is -1.26. The third-order valence-electron chi connectivity index (χ3n) is 3.07. The zero-order valence-corrected chi connectivity index (χ0v) is 11.4. The topological polar surface area (TPSA) is 41.9 Å². The van der Waals surface area contributed by atoms with Gasteiger partial charge in [0.05, 0.1) is 11.6 Å². The van der Waals surface area contributed by atoms with E-state index >= 15 is 0 Å². The lowest BCUT2D eigenvalue weighted by atomic mass is 9.90. The Kier molecular flexibility index (Phi) is 3.50. The fraction of sp³-hybridized carbons (Fsp3) is 0.571. The first-order valence-electron chi connectivity index (χ1n) is 6.18. The van der Waals surface area contributed by atoms with Crippen LogP contribution in [0.2, 0.25) is 0 Å². The molecule has 1 atom stereocenters. The third kappa shape index (κ3) is 2.60. The van der Waals surface area contributed by atoms with Crippen LogP contribution in [0, 0.1) is 0 Å². The molecule has 1 aromatic rings. The average Bonchev–Trinajstić information content (AvgIpc) is 2.26. The first-order valence-corrected chi connectivity index (χ1v) is 6.18. The van der Waals surface area contributed by atoms with Gasteiger partial charge in [0.25, 0.3) is 0 Å². The molecule has 1 unspecified atom stereocenters. The highest BCUT2D eigenvalue weighted by molar-refractivity contribution is 5.45. The van der Waals surface area contributed by atoms with Crippen LogP contribution in [0.25, 0.3) is 0 Å². The lowest BCUT2D eigenvalue weighted by molar-refractivity contribution is -0.00332. The summed E-state index contributed by atoms with van der Waals surface area (Å²) < 4.78 is 11.1. The molecule has 0 amide bonds. The molecule has 0 spiro atoms. The van der Waals surface area contributed by atoms with Gasteiger partial charge in [-0.2, -0.15) is 0 Å². The van der Waals surface area contributed by atoms with Crippen LogP contribution in [0.1, 0.15) is 25.5 Å². The quantitative estimate of drug-likeness (QED) is 0.890. The molecule has 0 fully saturated rings. The van der Waals surface area contributed by atoms with Crippen LogP contribution in [0.4, 0.5) is 0 Å². The molecule has 0 radical (unpaired) electrons. The first-order chi connectivity index (χ1) is 8.39. The van der Waals surface area contributed by atoms with Gasteiger partial charge in [0.1, 0.15) is 13.2 Å². The van der Waals surface area contributed by atoms with Crippen LogP contribution >= 0.6 is 0 Å². The van der Waals surface area contributed by atoms with Gasteiger partial charge in [-0.3, -0.25) is 4.90 Å². The van der Waals surface area contributed by atoms with Gasteiger partial charge in [-0.25, -0.2) is 0 Å². The molecule has 0 saturated carbocycles. The average molecular weight is 251 g/mol. The molecule has 0 saturated heterocycles.